The van der Waals surface area contributed by atoms with Gasteiger partial charge in [-0.3, -0.25) is 0 Å². The van der Waals surface area contributed by atoms with Crippen molar-refractivity contribution in [3.8, 4) is 89.8 Å². The lowest BCUT2D eigenvalue weighted by atomic mass is 9.91. The van der Waals surface area contributed by atoms with Crippen LogP contribution in [0.3, 0.4) is 0 Å². The molecule has 8 aromatic carbocycles. The van der Waals surface area contributed by atoms with E-state index in [0.717, 1.165) is 55.6 Å². The van der Waals surface area contributed by atoms with Gasteiger partial charge in [0.25, 0.3) is 0 Å². The van der Waals surface area contributed by atoms with Crippen molar-refractivity contribution < 1.29 is 0 Å². The third-order valence-corrected chi connectivity index (χ3v) is 9.80. The number of nitrogens with zero attached hydrogens (tertiary/aromatic N) is 3. The Hall–Kier alpha value is -7.23. The van der Waals surface area contributed by atoms with Gasteiger partial charge in [0.1, 0.15) is 0 Å². The van der Waals surface area contributed by atoms with Crippen molar-refractivity contribution in [1.29, 1.82) is 0 Å². The lowest BCUT2D eigenvalue weighted by molar-refractivity contribution is 1.07. The maximum Gasteiger partial charge on any atom is 0.164 e. The van der Waals surface area contributed by atoms with E-state index in [9.17, 15) is 0 Å². The largest absolute Gasteiger partial charge is 0.208 e. The van der Waals surface area contributed by atoms with Gasteiger partial charge in [-0.2, -0.15) is 0 Å². The average molecular weight is 690 g/mol. The SMILES string of the molecule is c1ccc(-c2cccc(-c3nc(-c4ccc(-c5ccccc5-c5ccccc5)cc4)nc(-c4ccccc4-c4ccccc4-c4ccccc4)n3)c2)cc1. The summed E-state index contributed by atoms with van der Waals surface area (Å²) in [7, 11) is 0. The van der Waals surface area contributed by atoms with Crippen LogP contribution >= 0.6 is 0 Å². The van der Waals surface area contributed by atoms with E-state index in [-0.39, 0.29) is 0 Å². The van der Waals surface area contributed by atoms with Crippen LogP contribution in [0.4, 0.5) is 0 Å². The Balaban J connectivity index is 1.19. The third kappa shape index (κ3) is 6.63. The molecule has 0 saturated heterocycles. The fraction of sp³-hybridized carbons (Fsp3) is 0. The normalized spacial score (nSPS) is 11.0. The Morgan fingerprint density at radius 1 is 0.185 bits per heavy atom. The molecule has 254 valence electrons. The number of rotatable bonds is 8. The van der Waals surface area contributed by atoms with Gasteiger partial charge >= 0.3 is 0 Å². The molecule has 0 aliphatic carbocycles. The van der Waals surface area contributed by atoms with E-state index in [2.05, 4.69) is 206 Å². The minimum Gasteiger partial charge on any atom is -0.208 e. The maximum atomic E-state index is 5.21. The van der Waals surface area contributed by atoms with E-state index in [4.69, 9.17) is 15.0 Å². The summed E-state index contributed by atoms with van der Waals surface area (Å²) < 4.78 is 0. The first-order valence-electron chi connectivity index (χ1n) is 18.2. The van der Waals surface area contributed by atoms with E-state index in [1.54, 1.807) is 0 Å². The van der Waals surface area contributed by atoms with Crippen LogP contribution in [0.15, 0.2) is 212 Å². The number of benzene rings is 8. The fourth-order valence-corrected chi connectivity index (χ4v) is 7.13. The highest BCUT2D eigenvalue weighted by molar-refractivity contribution is 5.91. The predicted molar refractivity (Wildman–Crippen MR) is 223 cm³/mol. The molecule has 0 radical (unpaired) electrons. The molecule has 0 amide bonds. The van der Waals surface area contributed by atoms with Crippen LogP contribution in [-0.2, 0) is 0 Å². The molecule has 0 aliphatic rings. The molecule has 0 N–H and O–H groups in total. The molecule has 0 aliphatic heterocycles. The van der Waals surface area contributed by atoms with Crippen LogP contribution in [0.25, 0.3) is 89.8 Å². The Kier molecular flexibility index (Phi) is 8.94. The van der Waals surface area contributed by atoms with Crippen molar-refractivity contribution in [1.82, 2.24) is 15.0 Å². The molecule has 0 spiro atoms. The van der Waals surface area contributed by atoms with Gasteiger partial charge in [-0.15, -0.1) is 0 Å². The van der Waals surface area contributed by atoms with Gasteiger partial charge in [-0.25, -0.2) is 15.0 Å². The highest BCUT2D eigenvalue weighted by Crippen LogP contribution is 2.39. The predicted octanol–water partition coefficient (Wildman–Crippen LogP) is 13.2. The second-order valence-corrected chi connectivity index (χ2v) is 13.2. The third-order valence-electron chi connectivity index (χ3n) is 9.80. The zero-order valence-corrected chi connectivity index (χ0v) is 29.5. The minimum atomic E-state index is 0.620. The van der Waals surface area contributed by atoms with Crippen LogP contribution in [-0.4, -0.2) is 15.0 Å². The van der Waals surface area contributed by atoms with E-state index in [1.165, 1.54) is 16.7 Å². The molecule has 0 fully saturated rings. The van der Waals surface area contributed by atoms with E-state index in [1.807, 2.05) is 6.07 Å². The first kappa shape index (κ1) is 32.7. The summed E-state index contributed by atoms with van der Waals surface area (Å²) in [6.45, 7) is 0. The van der Waals surface area contributed by atoms with Gasteiger partial charge in [0.05, 0.1) is 0 Å². The Morgan fingerprint density at radius 3 is 1.07 bits per heavy atom. The topological polar surface area (TPSA) is 38.7 Å². The summed E-state index contributed by atoms with van der Waals surface area (Å²) in [5.74, 6) is 1.86. The molecule has 0 bridgehead atoms. The fourth-order valence-electron chi connectivity index (χ4n) is 7.13. The van der Waals surface area contributed by atoms with Gasteiger partial charge in [-0.05, 0) is 61.7 Å². The number of hydrogen-bond acceptors (Lipinski definition) is 3. The van der Waals surface area contributed by atoms with Crippen LogP contribution in [0, 0.1) is 0 Å². The Labute approximate surface area is 316 Å². The molecule has 0 atom stereocenters. The molecule has 54 heavy (non-hydrogen) atoms. The quantitative estimate of drug-likeness (QED) is 0.159. The van der Waals surface area contributed by atoms with Crippen molar-refractivity contribution in [2.24, 2.45) is 0 Å². The molecule has 0 saturated carbocycles. The van der Waals surface area contributed by atoms with Crippen LogP contribution < -0.4 is 0 Å². The molecule has 9 rings (SSSR count). The van der Waals surface area contributed by atoms with Crippen molar-refractivity contribution in [3.63, 3.8) is 0 Å². The second-order valence-electron chi connectivity index (χ2n) is 13.2. The summed E-state index contributed by atoms with van der Waals surface area (Å²) >= 11 is 0. The lowest BCUT2D eigenvalue weighted by Crippen LogP contribution is -2.01. The lowest BCUT2D eigenvalue weighted by Gasteiger charge is -2.15. The van der Waals surface area contributed by atoms with Crippen molar-refractivity contribution >= 4 is 0 Å². The van der Waals surface area contributed by atoms with Crippen molar-refractivity contribution in [3.05, 3.63) is 212 Å². The molecule has 3 heteroatoms. The standard InChI is InChI=1S/C51H35N3/c1-4-17-36(18-5-1)41-23-16-24-42(35-41)50-52-49(40-33-31-39(32-34-40)44-26-11-10-25-43(44)37-19-6-2-7-20-37)53-51(54-50)48-30-15-14-29-47(48)46-28-13-12-27-45(46)38-21-8-3-9-22-38/h1-35H. The van der Waals surface area contributed by atoms with Gasteiger partial charge in [0.15, 0.2) is 17.5 Å². The van der Waals surface area contributed by atoms with Gasteiger partial charge < -0.3 is 0 Å². The van der Waals surface area contributed by atoms with Crippen molar-refractivity contribution in [2.45, 2.75) is 0 Å². The average Bonchev–Trinajstić information content (AvgIpc) is 3.27. The van der Waals surface area contributed by atoms with Gasteiger partial charge in [0.2, 0.25) is 0 Å². The maximum absolute atomic E-state index is 5.21. The summed E-state index contributed by atoms with van der Waals surface area (Å²) in [6, 6.07) is 74.0. The zero-order valence-electron chi connectivity index (χ0n) is 29.5. The van der Waals surface area contributed by atoms with Crippen LogP contribution in [0.1, 0.15) is 0 Å². The summed E-state index contributed by atoms with van der Waals surface area (Å²) in [5, 5.41) is 0. The van der Waals surface area contributed by atoms with Gasteiger partial charge in [0, 0.05) is 16.7 Å². The molecule has 1 heterocycles. The Bertz CT molecular complexity index is 2690. The summed E-state index contributed by atoms with van der Waals surface area (Å²) in [6.07, 6.45) is 0. The van der Waals surface area contributed by atoms with E-state index >= 15 is 0 Å². The minimum absolute atomic E-state index is 0.620. The first-order valence-corrected chi connectivity index (χ1v) is 18.2. The second kappa shape index (κ2) is 14.8. The zero-order chi connectivity index (χ0) is 36.1. The van der Waals surface area contributed by atoms with E-state index < -0.39 is 0 Å². The molecular formula is C51H35N3. The molecule has 9 aromatic rings. The number of aromatic nitrogens is 3. The summed E-state index contributed by atoms with van der Waals surface area (Å²) in [5.41, 5.74) is 14.2. The van der Waals surface area contributed by atoms with Crippen LogP contribution in [0.2, 0.25) is 0 Å². The molecular weight excluding hydrogens is 655 g/mol. The Morgan fingerprint density at radius 2 is 0.519 bits per heavy atom. The molecule has 1 aromatic heterocycles. The van der Waals surface area contributed by atoms with E-state index in [0.29, 0.717) is 17.5 Å². The van der Waals surface area contributed by atoms with Crippen LogP contribution in [0.5, 0.6) is 0 Å². The molecule has 0 unspecified atom stereocenters. The first-order chi connectivity index (χ1) is 26.8. The highest BCUT2D eigenvalue weighted by Gasteiger charge is 2.18. The molecule has 3 nitrogen and oxygen atoms in total. The highest BCUT2D eigenvalue weighted by atomic mass is 15.0. The van der Waals surface area contributed by atoms with Gasteiger partial charge in [-0.1, -0.05) is 206 Å². The van der Waals surface area contributed by atoms with Crippen molar-refractivity contribution in [2.75, 3.05) is 0 Å². The number of hydrogen-bond donors (Lipinski definition) is 0. The summed E-state index contributed by atoms with van der Waals surface area (Å²) in [4.78, 5) is 15.6. The smallest absolute Gasteiger partial charge is 0.164 e. The monoisotopic (exact) mass is 689 g/mol.